The molecule has 0 radical (unpaired) electrons. The molecule has 17 heavy (non-hydrogen) atoms. The highest BCUT2D eigenvalue weighted by Crippen LogP contribution is 2.46. The molecular weight excluding hydrogens is 231 g/mol. The molecule has 3 aromatic carbocycles. The smallest absolute Gasteiger partial charge is 0.275 e. The van der Waals surface area contributed by atoms with Crippen LogP contribution in [0.2, 0.25) is 0 Å². The van der Waals surface area contributed by atoms with Crippen LogP contribution in [0, 0.1) is 0 Å². The van der Waals surface area contributed by atoms with Crippen molar-refractivity contribution in [2.75, 3.05) is 0 Å². The Morgan fingerprint density at radius 3 is 2.71 bits per heavy atom. The molecule has 0 amide bonds. The summed E-state index contributed by atoms with van der Waals surface area (Å²) in [6.45, 7) is 0. The molecular formula is C14H9O2P. The van der Waals surface area contributed by atoms with Crippen LogP contribution < -0.4 is 9.05 Å². The first-order valence-electron chi connectivity index (χ1n) is 5.47. The van der Waals surface area contributed by atoms with Gasteiger partial charge in [-0.25, -0.2) is 0 Å². The average Bonchev–Trinajstić information content (AvgIpc) is 2.39. The summed E-state index contributed by atoms with van der Waals surface area (Å²) >= 11 is 0. The van der Waals surface area contributed by atoms with Gasteiger partial charge in [0.25, 0.3) is 9.03 Å². The highest BCUT2D eigenvalue weighted by atomic mass is 31.1. The van der Waals surface area contributed by atoms with E-state index in [9.17, 15) is 0 Å². The minimum Gasteiger partial charge on any atom is -0.440 e. The lowest BCUT2D eigenvalue weighted by atomic mass is 10.0. The molecule has 2 nitrogen and oxygen atoms in total. The first kappa shape index (κ1) is 9.26. The molecule has 0 aliphatic carbocycles. The van der Waals surface area contributed by atoms with Crippen molar-refractivity contribution in [2.24, 2.45) is 0 Å². The Morgan fingerprint density at radius 1 is 0.824 bits per heavy atom. The highest BCUT2D eigenvalue weighted by molar-refractivity contribution is 7.27. The number of fused-ring (bicyclic) bond motifs is 2. The zero-order chi connectivity index (χ0) is 11.2. The van der Waals surface area contributed by atoms with Gasteiger partial charge in [-0.3, -0.25) is 0 Å². The van der Waals surface area contributed by atoms with Gasteiger partial charge in [-0.2, -0.15) is 0 Å². The maximum Gasteiger partial charge on any atom is 0.275 e. The number of benzene rings is 3. The Kier molecular flexibility index (Phi) is 1.82. The summed E-state index contributed by atoms with van der Waals surface area (Å²) in [4.78, 5) is 0. The van der Waals surface area contributed by atoms with Crippen LogP contribution in [0.15, 0.2) is 48.5 Å². The molecule has 1 heterocycles. The molecule has 0 N–H and O–H groups in total. The van der Waals surface area contributed by atoms with Gasteiger partial charge in [0.1, 0.15) is 11.5 Å². The van der Waals surface area contributed by atoms with Gasteiger partial charge in [-0.1, -0.05) is 36.4 Å². The van der Waals surface area contributed by atoms with Crippen LogP contribution in [0.4, 0.5) is 0 Å². The molecule has 1 aliphatic heterocycles. The zero-order valence-corrected chi connectivity index (χ0v) is 9.94. The molecule has 0 bridgehead atoms. The standard InChI is InChI=1S/C14H9O2P/c1-2-6-11-9(4-1)8-10-5-3-7-12-13(10)14(11)16-17-15-12/h1-8,17H. The number of rotatable bonds is 0. The van der Waals surface area contributed by atoms with E-state index in [0.29, 0.717) is 0 Å². The van der Waals surface area contributed by atoms with Crippen LogP contribution in [0.3, 0.4) is 0 Å². The van der Waals surface area contributed by atoms with Gasteiger partial charge in [0, 0.05) is 5.39 Å². The third-order valence-corrected chi connectivity index (χ3v) is 3.69. The third kappa shape index (κ3) is 1.25. The summed E-state index contributed by atoms with van der Waals surface area (Å²) in [6, 6.07) is 16.6. The summed E-state index contributed by atoms with van der Waals surface area (Å²) in [5.74, 6) is 1.88. The van der Waals surface area contributed by atoms with E-state index in [-0.39, 0.29) is 9.03 Å². The highest BCUT2D eigenvalue weighted by Gasteiger charge is 2.17. The number of hydrogen-bond donors (Lipinski definition) is 0. The van der Waals surface area contributed by atoms with E-state index in [1.165, 1.54) is 10.8 Å². The van der Waals surface area contributed by atoms with Crippen LogP contribution in [0.5, 0.6) is 11.5 Å². The Morgan fingerprint density at radius 2 is 1.71 bits per heavy atom. The predicted octanol–water partition coefficient (Wildman–Crippen LogP) is 4.27. The summed E-state index contributed by atoms with van der Waals surface area (Å²) in [5, 5.41) is 4.62. The molecule has 0 saturated carbocycles. The molecule has 3 heteroatoms. The summed E-state index contributed by atoms with van der Waals surface area (Å²) in [6.07, 6.45) is 0. The largest absolute Gasteiger partial charge is 0.440 e. The van der Waals surface area contributed by atoms with Crippen LogP contribution >= 0.6 is 9.03 Å². The second kappa shape index (κ2) is 3.35. The Bertz CT molecular complexity index is 737. The van der Waals surface area contributed by atoms with E-state index in [4.69, 9.17) is 9.05 Å². The van der Waals surface area contributed by atoms with Gasteiger partial charge in [0.2, 0.25) is 0 Å². The summed E-state index contributed by atoms with van der Waals surface area (Å²) in [5.41, 5.74) is 0. The van der Waals surface area contributed by atoms with Gasteiger partial charge >= 0.3 is 0 Å². The van der Waals surface area contributed by atoms with Crippen LogP contribution in [0.1, 0.15) is 0 Å². The molecule has 1 aliphatic rings. The molecule has 82 valence electrons. The van der Waals surface area contributed by atoms with Crippen molar-refractivity contribution in [3.63, 3.8) is 0 Å². The van der Waals surface area contributed by atoms with Crippen LogP contribution in [0.25, 0.3) is 21.5 Å². The van der Waals surface area contributed by atoms with E-state index in [1.807, 2.05) is 24.3 Å². The molecule has 3 aromatic rings. The first-order chi connectivity index (χ1) is 8.43. The lowest BCUT2D eigenvalue weighted by Crippen LogP contribution is -1.95. The third-order valence-electron chi connectivity index (χ3n) is 3.10. The molecule has 4 rings (SSSR count). The molecule has 0 saturated heterocycles. The molecule has 0 aromatic heterocycles. The molecule has 0 spiro atoms. The SMILES string of the molecule is c1ccc2c3c4c(cccc4cc2c1)OPO3. The Hall–Kier alpha value is -1.79. The topological polar surface area (TPSA) is 18.5 Å². The van der Waals surface area contributed by atoms with Gasteiger partial charge in [-0.15, -0.1) is 0 Å². The van der Waals surface area contributed by atoms with E-state index >= 15 is 0 Å². The molecule has 0 fully saturated rings. The van der Waals surface area contributed by atoms with E-state index in [2.05, 4.69) is 24.3 Å². The predicted molar refractivity (Wildman–Crippen MR) is 71.0 cm³/mol. The summed E-state index contributed by atoms with van der Waals surface area (Å²) < 4.78 is 11.3. The fourth-order valence-corrected chi connectivity index (χ4v) is 2.94. The van der Waals surface area contributed by atoms with Gasteiger partial charge in [0.15, 0.2) is 0 Å². The lowest BCUT2D eigenvalue weighted by Gasteiger charge is -2.19. The second-order valence-electron chi connectivity index (χ2n) is 4.07. The van der Waals surface area contributed by atoms with Crippen molar-refractivity contribution in [3.05, 3.63) is 48.5 Å². The maximum absolute atomic E-state index is 5.71. The summed E-state index contributed by atoms with van der Waals surface area (Å²) in [7, 11) is 0.0472. The van der Waals surface area contributed by atoms with E-state index in [1.54, 1.807) is 0 Å². The quantitative estimate of drug-likeness (QED) is 0.431. The van der Waals surface area contributed by atoms with E-state index < -0.39 is 0 Å². The average molecular weight is 240 g/mol. The lowest BCUT2D eigenvalue weighted by molar-refractivity contribution is 0.507. The van der Waals surface area contributed by atoms with Crippen molar-refractivity contribution in [1.29, 1.82) is 0 Å². The zero-order valence-electron chi connectivity index (χ0n) is 8.94. The fraction of sp³-hybridized carbons (Fsp3) is 0. The Balaban J connectivity index is 2.30. The number of hydrogen-bond acceptors (Lipinski definition) is 2. The first-order valence-corrected chi connectivity index (χ1v) is 6.28. The molecule has 1 unspecified atom stereocenters. The fourth-order valence-electron chi connectivity index (χ4n) is 2.34. The monoisotopic (exact) mass is 240 g/mol. The minimum absolute atomic E-state index is 0.0472. The van der Waals surface area contributed by atoms with E-state index in [0.717, 1.165) is 22.3 Å². The van der Waals surface area contributed by atoms with Crippen LogP contribution in [-0.4, -0.2) is 0 Å². The normalized spacial score (nSPS) is 14.8. The Labute approximate surface area is 100 Å². The van der Waals surface area contributed by atoms with Crippen molar-refractivity contribution in [1.82, 2.24) is 0 Å². The van der Waals surface area contributed by atoms with Crippen molar-refractivity contribution >= 4 is 30.6 Å². The maximum atomic E-state index is 5.71. The van der Waals surface area contributed by atoms with Crippen molar-refractivity contribution < 1.29 is 9.05 Å². The van der Waals surface area contributed by atoms with Crippen LogP contribution in [-0.2, 0) is 0 Å². The second-order valence-corrected chi connectivity index (χ2v) is 4.64. The van der Waals surface area contributed by atoms with Crippen molar-refractivity contribution in [2.45, 2.75) is 0 Å². The van der Waals surface area contributed by atoms with Crippen molar-refractivity contribution in [3.8, 4) is 11.5 Å². The minimum atomic E-state index is 0.0472. The van der Waals surface area contributed by atoms with Gasteiger partial charge in [0.05, 0.1) is 5.39 Å². The molecule has 1 atom stereocenters. The van der Waals surface area contributed by atoms with Gasteiger partial charge in [-0.05, 0) is 22.9 Å². The van der Waals surface area contributed by atoms with Gasteiger partial charge < -0.3 is 9.05 Å².